The zero-order valence-electron chi connectivity index (χ0n) is 15.1. The molecule has 0 radical (unpaired) electrons. The van der Waals surface area contributed by atoms with Gasteiger partial charge < -0.3 is 10.2 Å². The lowest BCUT2D eigenvalue weighted by atomic mass is 10.0. The Morgan fingerprint density at radius 1 is 1.48 bits per heavy atom. The second-order valence-corrected chi connectivity index (χ2v) is 7.28. The molecule has 0 saturated carbocycles. The van der Waals surface area contributed by atoms with Crippen LogP contribution in [0.25, 0.3) is 0 Å². The molecular weight excluding hydrogens is 447 g/mol. The van der Waals surface area contributed by atoms with Crippen LogP contribution < -0.4 is 5.32 Å². The zero-order valence-corrected chi connectivity index (χ0v) is 18.3. The van der Waals surface area contributed by atoms with Crippen molar-refractivity contribution in [2.75, 3.05) is 26.7 Å². The fourth-order valence-electron chi connectivity index (χ4n) is 3.17. The Morgan fingerprint density at radius 2 is 2.32 bits per heavy atom. The van der Waals surface area contributed by atoms with Crippen molar-refractivity contribution < 1.29 is 0 Å². The second kappa shape index (κ2) is 9.51. The van der Waals surface area contributed by atoms with Crippen molar-refractivity contribution in [3.63, 3.8) is 0 Å². The summed E-state index contributed by atoms with van der Waals surface area (Å²) in [6.07, 6.45) is 7.37. The van der Waals surface area contributed by atoms with Crippen LogP contribution in [0.1, 0.15) is 35.0 Å². The van der Waals surface area contributed by atoms with E-state index in [0.29, 0.717) is 5.92 Å². The number of aryl methyl sites for hydroxylation is 3. The molecule has 0 aromatic carbocycles. The first kappa shape index (κ1) is 20.2. The summed E-state index contributed by atoms with van der Waals surface area (Å²) in [5.41, 5.74) is 2.45. The second-order valence-electron chi connectivity index (χ2n) is 6.34. The molecule has 138 valence electrons. The minimum absolute atomic E-state index is 0. The molecular formula is C17H27IN6S. The molecule has 3 heterocycles. The summed E-state index contributed by atoms with van der Waals surface area (Å²) in [5.74, 6) is 1.56. The van der Waals surface area contributed by atoms with Crippen molar-refractivity contribution in [2.45, 2.75) is 32.1 Å². The number of likely N-dealkylation sites (tertiary alicyclic amines) is 1. The third-order valence-electron chi connectivity index (χ3n) is 4.41. The van der Waals surface area contributed by atoms with E-state index in [2.05, 4.69) is 36.9 Å². The molecule has 1 atom stereocenters. The number of rotatable bonds is 5. The fraction of sp³-hybridized carbons (Fsp3) is 0.588. The third kappa shape index (κ3) is 5.40. The van der Waals surface area contributed by atoms with E-state index in [0.717, 1.165) is 50.6 Å². The Balaban J connectivity index is 0.00000225. The number of aliphatic imine (C=N–C) groups is 1. The molecule has 1 unspecified atom stereocenters. The van der Waals surface area contributed by atoms with E-state index in [1.807, 2.05) is 31.9 Å². The number of hydrogen-bond acceptors (Lipinski definition) is 4. The first-order valence-electron chi connectivity index (χ1n) is 8.51. The van der Waals surface area contributed by atoms with E-state index < -0.39 is 0 Å². The van der Waals surface area contributed by atoms with Crippen LogP contribution in [-0.2, 0) is 13.5 Å². The largest absolute Gasteiger partial charge is 0.356 e. The Bertz CT molecular complexity index is 695. The van der Waals surface area contributed by atoms with Crippen LogP contribution in [0.5, 0.6) is 0 Å². The number of aromatic nitrogens is 3. The molecule has 1 aliphatic heterocycles. The Kier molecular flexibility index (Phi) is 7.67. The first-order valence-corrected chi connectivity index (χ1v) is 9.39. The van der Waals surface area contributed by atoms with Crippen molar-refractivity contribution in [1.82, 2.24) is 25.0 Å². The van der Waals surface area contributed by atoms with Crippen LogP contribution in [0.4, 0.5) is 0 Å². The highest BCUT2D eigenvalue weighted by molar-refractivity contribution is 14.0. The molecule has 0 bridgehead atoms. The minimum atomic E-state index is 0. The van der Waals surface area contributed by atoms with Gasteiger partial charge in [0, 0.05) is 63.3 Å². The van der Waals surface area contributed by atoms with E-state index in [4.69, 9.17) is 0 Å². The standard InChI is InChI=1S/C17H26N6S.HI/c1-13-12-24-16(21-13)5-4-7-19-17(18-2)23-8-6-14(11-23)15-9-20-22(3)10-15;/h9-10,12,14H,4-8,11H2,1-3H3,(H,18,19);1H. The number of nitrogens with zero attached hydrogens (tertiary/aromatic N) is 5. The number of thiazole rings is 1. The highest BCUT2D eigenvalue weighted by Gasteiger charge is 2.26. The molecule has 1 N–H and O–H groups in total. The first-order chi connectivity index (χ1) is 11.7. The molecule has 2 aromatic rings. The van der Waals surface area contributed by atoms with Crippen LogP contribution in [-0.4, -0.2) is 52.3 Å². The number of halogens is 1. The molecule has 2 aromatic heterocycles. The van der Waals surface area contributed by atoms with Gasteiger partial charge in [-0.2, -0.15) is 5.10 Å². The minimum Gasteiger partial charge on any atom is -0.356 e. The van der Waals surface area contributed by atoms with Crippen LogP contribution >= 0.6 is 35.3 Å². The summed E-state index contributed by atoms with van der Waals surface area (Å²) >= 11 is 1.75. The maximum absolute atomic E-state index is 4.51. The topological polar surface area (TPSA) is 58.3 Å². The van der Waals surface area contributed by atoms with Gasteiger partial charge in [0.05, 0.1) is 11.2 Å². The van der Waals surface area contributed by atoms with Crippen LogP contribution in [0.3, 0.4) is 0 Å². The lowest BCUT2D eigenvalue weighted by molar-refractivity contribution is 0.485. The van der Waals surface area contributed by atoms with E-state index >= 15 is 0 Å². The van der Waals surface area contributed by atoms with Gasteiger partial charge in [-0.25, -0.2) is 4.98 Å². The van der Waals surface area contributed by atoms with Crippen molar-refractivity contribution in [2.24, 2.45) is 12.0 Å². The molecule has 6 nitrogen and oxygen atoms in total. The molecule has 1 fully saturated rings. The Hall–Kier alpha value is -1.16. The normalized spacial score (nSPS) is 17.6. The molecule has 0 amide bonds. The summed E-state index contributed by atoms with van der Waals surface area (Å²) in [6, 6.07) is 0. The third-order valence-corrected chi connectivity index (χ3v) is 5.44. The molecule has 25 heavy (non-hydrogen) atoms. The fourth-order valence-corrected chi connectivity index (χ4v) is 3.98. The summed E-state index contributed by atoms with van der Waals surface area (Å²) in [4.78, 5) is 11.3. The lowest BCUT2D eigenvalue weighted by Crippen LogP contribution is -2.40. The van der Waals surface area contributed by atoms with E-state index in [1.54, 1.807) is 11.3 Å². The summed E-state index contributed by atoms with van der Waals surface area (Å²) in [5, 5.41) is 11.1. The lowest BCUT2D eigenvalue weighted by Gasteiger charge is -2.21. The maximum atomic E-state index is 4.51. The van der Waals surface area contributed by atoms with Crippen molar-refractivity contribution >= 4 is 41.3 Å². The SMILES string of the molecule is CN=C(NCCCc1nc(C)cs1)N1CCC(c2cnn(C)c2)C1.I. The van der Waals surface area contributed by atoms with Gasteiger partial charge in [0.2, 0.25) is 0 Å². The zero-order chi connectivity index (χ0) is 16.9. The van der Waals surface area contributed by atoms with Crippen molar-refractivity contribution in [3.8, 4) is 0 Å². The highest BCUT2D eigenvalue weighted by Crippen LogP contribution is 2.26. The van der Waals surface area contributed by atoms with E-state index in [9.17, 15) is 0 Å². The highest BCUT2D eigenvalue weighted by atomic mass is 127. The van der Waals surface area contributed by atoms with Crippen LogP contribution in [0, 0.1) is 6.92 Å². The van der Waals surface area contributed by atoms with Gasteiger partial charge >= 0.3 is 0 Å². The Morgan fingerprint density at radius 3 is 2.96 bits per heavy atom. The Labute approximate surface area is 170 Å². The van der Waals surface area contributed by atoms with Gasteiger partial charge in [-0.3, -0.25) is 9.67 Å². The summed E-state index contributed by atoms with van der Waals surface area (Å²) in [7, 11) is 3.84. The predicted molar refractivity (Wildman–Crippen MR) is 114 cm³/mol. The molecule has 1 aliphatic rings. The number of hydrogen-bond donors (Lipinski definition) is 1. The average Bonchev–Trinajstić information content (AvgIpc) is 3.29. The molecule has 0 spiro atoms. The van der Waals surface area contributed by atoms with E-state index in [-0.39, 0.29) is 24.0 Å². The van der Waals surface area contributed by atoms with Gasteiger partial charge in [0.1, 0.15) is 0 Å². The number of nitrogens with one attached hydrogen (secondary N) is 1. The van der Waals surface area contributed by atoms with Gasteiger partial charge in [-0.1, -0.05) is 0 Å². The van der Waals surface area contributed by atoms with Gasteiger partial charge in [0.25, 0.3) is 0 Å². The monoisotopic (exact) mass is 474 g/mol. The quantitative estimate of drug-likeness (QED) is 0.314. The van der Waals surface area contributed by atoms with Crippen molar-refractivity contribution in [1.29, 1.82) is 0 Å². The van der Waals surface area contributed by atoms with Crippen LogP contribution in [0.2, 0.25) is 0 Å². The van der Waals surface area contributed by atoms with Gasteiger partial charge in [-0.15, -0.1) is 35.3 Å². The summed E-state index contributed by atoms with van der Waals surface area (Å²) in [6.45, 7) is 5.04. The van der Waals surface area contributed by atoms with E-state index in [1.165, 1.54) is 10.6 Å². The van der Waals surface area contributed by atoms with Crippen molar-refractivity contribution in [3.05, 3.63) is 34.0 Å². The smallest absolute Gasteiger partial charge is 0.193 e. The van der Waals surface area contributed by atoms with Gasteiger partial charge in [0.15, 0.2) is 5.96 Å². The maximum Gasteiger partial charge on any atom is 0.193 e. The van der Waals surface area contributed by atoms with Crippen LogP contribution in [0.15, 0.2) is 22.8 Å². The number of guanidine groups is 1. The molecule has 0 aliphatic carbocycles. The molecule has 8 heteroatoms. The summed E-state index contributed by atoms with van der Waals surface area (Å²) < 4.78 is 1.88. The molecule has 1 saturated heterocycles. The predicted octanol–water partition coefficient (Wildman–Crippen LogP) is 2.80. The average molecular weight is 474 g/mol. The van der Waals surface area contributed by atoms with Gasteiger partial charge in [-0.05, 0) is 25.3 Å². The molecule has 3 rings (SSSR count).